The van der Waals surface area contributed by atoms with Crippen molar-refractivity contribution in [3.63, 3.8) is 0 Å². The molecule has 0 spiro atoms. The number of hydrogen-bond acceptors (Lipinski definition) is 3. The normalized spacial score (nSPS) is 10.9. The number of nitrogens with zero attached hydrogens (tertiary/aromatic N) is 4. The number of carbonyl (C=O) groups excluding carboxylic acids is 1. The topological polar surface area (TPSA) is 64.7 Å². The Labute approximate surface area is 171 Å². The number of aryl methyl sites for hydroxylation is 1. The Kier molecular flexibility index (Phi) is 5.14. The molecule has 2 aromatic carbocycles. The van der Waals surface area contributed by atoms with Gasteiger partial charge in [0.15, 0.2) is 11.5 Å². The summed E-state index contributed by atoms with van der Waals surface area (Å²) in [4.78, 5) is 12.9. The molecule has 0 unspecified atom stereocenters. The summed E-state index contributed by atoms with van der Waals surface area (Å²) < 4.78 is 17.0. The van der Waals surface area contributed by atoms with E-state index >= 15 is 0 Å². The molecule has 0 aliphatic heterocycles. The average Bonchev–Trinajstić information content (AvgIpc) is 3.36. The molecular weight excluding hydrogens is 393 g/mol. The fraction of sp³-hybridized carbons (Fsp3) is 0.0952. The van der Waals surface area contributed by atoms with Crippen molar-refractivity contribution in [2.75, 3.05) is 5.32 Å². The third kappa shape index (κ3) is 4.05. The summed E-state index contributed by atoms with van der Waals surface area (Å²) in [5.41, 5.74) is 2.23. The highest BCUT2D eigenvalue weighted by Gasteiger charge is 2.22. The molecule has 0 aliphatic carbocycles. The molecule has 4 aromatic rings. The number of amides is 1. The van der Waals surface area contributed by atoms with Crippen molar-refractivity contribution in [1.82, 2.24) is 19.6 Å². The van der Waals surface area contributed by atoms with Crippen LogP contribution in [-0.2, 0) is 6.54 Å². The molecule has 0 bridgehead atoms. The number of anilines is 1. The molecule has 1 N–H and O–H groups in total. The van der Waals surface area contributed by atoms with Gasteiger partial charge in [-0.25, -0.2) is 9.07 Å². The molecule has 2 heterocycles. The maximum atomic E-state index is 13.6. The first-order chi connectivity index (χ1) is 14.0. The van der Waals surface area contributed by atoms with E-state index in [-0.39, 0.29) is 5.69 Å². The fourth-order valence-electron chi connectivity index (χ4n) is 2.97. The molecule has 2 aromatic heterocycles. The Morgan fingerprint density at radius 1 is 1.14 bits per heavy atom. The molecule has 1 amide bonds. The SMILES string of the molecule is Cc1ccc(F)cc1NC(=O)c1nnn(Cc2ccc(Cl)cc2)c1-n1cccc1. The summed E-state index contributed by atoms with van der Waals surface area (Å²) >= 11 is 5.96. The minimum Gasteiger partial charge on any atom is -0.320 e. The van der Waals surface area contributed by atoms with Crippen molar-refractivity contribution in [3.05, 3.63) is 94.7 Å². The van der Waals surface area contributed by atoms with Gasteiger partial charge in [-0.05, 0) is 54.4 Å². The lowest BCUT2D eigenvalue weighted by molar-refractivity contribution is 0.102. The van der Waals surface area contributed by atoms with Crippen LogP contribution in [0.25, 0.3) is 5.82 Å². The van der Waals surface area contributed by atoms with Gasteiger partial charge in [0, 0.05) is 23.1 Å². The monoisotopic (exact) mass is 409 g/mol. The van der Waals surface area contributed by atoms with Crippen molar-refractivity contribution in [2.24, 2.45) is 0 Å². The zero-order chi connectivity index (χ0) is 20.4. The maximum Gasteiger partial charge on any atom is 0.280 e. The van der Waals surface area contributed by atoms with Crippen LogP contribution >= 0.6 is 11.6 Å². The van der Waals surface area contributed by atoms with Gasteiger partial charge in [0.2, 0.25) is 0 Å². The van der Waals surface area contributed by atoms with Gasteiger partial charge >= 0.3 is 0 Å². The van der Waals surface area contributed by atoms with Crippen LogP contribution in [0.1, 0.15) is 21.6 Å². The van der Waals surface area contributed by atoms with E-state index < -0.39 is 11.7 Å². The zero-order valence-electron chi connectivity index (χ0n) is 15.5. The third-order valence-corrected chi connectivity index (χ3v) is 4.72. The van der Waals surface area contributed by atoms with E-state index in [1.165, 1.54) is 12.1 Å². The fourth-order valence-corrected chi connectivity index (χ4v) is 3.09. The number of carbonyl (C=O) groups is 1. The van der Waals surface area contributed by atoms with Gasteiger partial charge in [-0.15, -0.1) is 5.10 Å². The van der Waals surface area contributed by atoms with E-state index in [1.807, 2.05) is 24.3 Å². The summed E-state index contributed by atoms with van der Waals surface area (Å²) in [5, 5.41) is 11.6. The molecule has 4 rings (SSSR count). The quantitative estimate of drug-likeness (QED) is 0.529. The van der Waals surface area contributed by atoms with E-state index in [0.717, 1.165) is 11.1 Å². The Morgan fingerprint density at radius 2 is 1.86 bits per heavy atom. The minimum absolute atomic E-state index is 0.138. The highest BCUT2D eigenvalue weighted by Crippen LogP contribution is 2.20. The number of halogens is 2. The molecule has 6 nitrogen and oxygen atoms in total. The molecule has 0 saturated heterocycles. The van der Waals surface area contributed by atoms with E-state index in [1.54, 1.807) is 46.8 Å². The standard InChI is InChI=1S/C21H17ClFN5O/c1-14-4-9-17(23)12-18(14)24-20(29)19-21(27-10-2-3-11-27)28(26-25-19)13-15-5-7-16(22)8-6-15/h2-12H,13H2,1H3,(H,24,29). The Balaban J connectivity index is 1.69. The van der Waals surface area contributed by atoms with Crippen molar-refractivity contribution in [1.29, 1.82) is 0 Å². The Morgan fingerprint density at radius 3 is 2.59 bits per heavy atom. The lowest BCUT2D eigenvalue weighted by Gasteiger charge is -2.11. The Hall–Kier alpha value is -3.45. The largest absolute Gasteiger partial charge is 0.320 e. The van der Waals surface area contributed by atoms with Gasteiger partial charge in [0.05, 0.1) is 6.54 Å². The van der Waals surface area contributed by atoms with Crippen LogP contribution in [0.3, 0.4) is 0 Å². The Bertz CT molecular complexity index is 1150. The van der Waals surface area contributed by atoms with Crippen molar-refractivity contribution >= 4 is 23.2 Å². The van der Waals surface area contributed by atoms with E-state index in [4.69, 9.17) is 11.6 Å². The lowest BCUT2D eigenvalue weighted by atomic mass is 10.2. The molecule has 0 fully saturated rings. The predicted molar refractivity (Wildman–Crippen MR) is 109 cm³/mol. The molecule has 146 valence electrons. The van der Waals surface area contributed by atoms with Crippen LogP contribution in [0, 0.1) is 12.7 Å². The highest BCUT2D eigenvalue weighted by atomic mass is 35.5. The van der Waals surface area contributed by atoms with E-state index in [0.29, 0.717) is 23.1 Å². The molecular formula is C21H17ClFN5O. The van der Waals surface area contributed by atoms with Crippen LogP contribution in [0.5, 0.6) is 0 Å². The molecule has 0 aliphatic rings. The van der Waals surface area contributed by atoms with Crippen molar-refractivity contribution < 1.29 is 9.18 Å². The molecule has 8 heteroatoms. The van der Waals surface area contributed by atoms with Gasteiger partial charge in [-0.1, -0.05) is 35.0 Å². The highest BCUT2D eigenvalue weighted by molar-refractivity contribution is 6.30. The first kappa shape index (κ1) is 18.9. The van der Waals surface area contributed by atoms with Crippen LogP contribution in [0.4, 0.5) is 10.1 Å². The van der Waals surface area contributed by atoms with Crippen molar-refractivity contribution in [3.8, 4) is 5.82 Å². The second-order valence-corrected chi connectivity index (χ2v) is 6.99. The van der Waals surface area contributed by atoms with Gasteiger partial charge in [0.1, 0.15) is 5.82 Å². The van der Waals surface area contributed by atoms with Crippen molar-refractivity contribution in [2.45, 2.75) is 13.5 Å². The molecule has 0 radical (unpaired) electrons. The number of rotatable bonds is 5. The number of benzene rings is 2. The number of hydrogen-bond donors (Lipinski definition) is 1. The summed E-state index contributed by atoms with van der Waals surface area (Å²) in [6.45, 7) is 2.20. The second kappa shape index (κ2) is 7.89. The van der Waals surface area contributed by atoms with Crippen LogP contribution in [0.2, 0.25) is 5.02 Å². The molecule has 0 saturated carbocycles. The van der Waals surface area contributed by atoms with Gasteiger partial charge in [0.25, 0.3) is 5.91 Å². The molecule has 0 atom stereocenters. The zero-order valence-corrected chi connectivity index (χ0v) is 16.3. The predicted octanol–water partition coefficient (Wildman–Crippen LogP) is 4.47. The first-order valence-electron chi connectivity index (χ1n) is 8.90. The smallest absolute Gasteiger partial charge is 0.280 e. The summed E-state index contributed by atoms with van der Waals surface area (Å²) in [5.74, 6) is -0.385. The first-order valence-corrected chi connectivity index (χ1v) is 9.28. The van der Waals surface area contributed by atoms with Gasteiger partial charge < -0.3 is 9.88 Å². The summed E-state index contributed by atoms with van der Waals surface area (Å²) in [7, 11) is 0. The number of aromatic nitrogens is 4. The van der Waals surface area contributed by atoms with Gasteiger partial charge in [-0.2, -0.15) is 0 Å². The van der Waals surface area contributed by atoms with Gasteiger partial charge in [-0.3, -0.25) is 4.79 Å². The summed E-state index contributed by atoms with van der Waals surface area (Å²) in [6, 6.07) is 15.3. The average molecular weight is 410 g/mol. The number of nitrogens with one attached hydrogen (secondary N) is 1. The van der Waals surface area contributed by atoms with Crippen LogP contribution in [-0.4, -0.2) is 25.5 Å². The minimum atomic E-state index is -0.468. The van der Waals surface area contributed by atoms with Crippen LogP contribution < -0.4 is 5.32 Å². The van der Waals surface area contributed by atoms with E-state index in [2.05, 4.69) is 15.6 Å². The van der Waals surface area contributed by atoms with E-state index in [9.17, 15) is 9.18 Å². The third-order valence-electron chi connectivity index (χ3n) is 4.47. The maximum absolute atomic E-state index is 13.6. The second-order valence-electron chi connectivity index (χ2n) is 6.55. The molecule has 29 heavy (non-hydrogen) atoms. The summed E-state index contributed by atoms with van der Waals surface area (Å²) in [6.07, 6.45) is 3.61. The van der Waals surface area contributed by atoms with Crippen LogP contribution in [0.15, 0.2) is 67.0 Å². The lowest BCUT2D eigenvalue weighted by Crippen LogP contribution is -2.17.